The lowest BCUT2D eigenvalue weighted by molar-refractivity contribution is 0.223. The fourth-order valence-corrected chi connectivity index (χ4v) is 3.91. The number of hydrogen-bond acceptors (Lipinski definition) is 3. The lowest BCUT2D eigenvalue weighted by Gasteiger charge is -2.38. The highest BCUT2D eigenvalue weighted by Gasteiger charge is 2.35. The van der Waals surface area contributed by atoms with E-state index in [2.05, 4.69) is 5.32 Å². The fraction of sp³-hybridized carbons (Fsp3) is 1.00. The zero-order chi connectivity index (χ0) is 10.8. The van der Waals surface area contributed by atoms with Crippen LogP contribution in [0, 0.1) is 0 Å². The van der Waals surface area contributed by atoms with Gasteiger partial charge in [0.1, 0.15) is 0 Å². The van der Waals surface area contributed by atoms with E-state index in [9.17, 15) is 8.42 Å². The minimum absolute atomic E-state index is 0.261. The topological polar surface area (TPSA) is 49.4 Å². The Kier molecular flexibility index (Phi) is 3.55. The van der Waals surface area contributed by atoms with E-state index in [-0.39, 0.29) is 11.3 Å². The SMILES string of the molecule is CCN1C(C)(C)CNCCCS1(=O)=O. The normalized spacial score (nSPS) is 27.9. The van der Waals surface area contributed by atoms with Gasteiger partial charge in [-0.2, -0.15) is 4.31 Å². The third-order valence-electron chi connectivity index (χ3n) is 2.61. The lowest BCUT2D eigenvalue weighted by Crippen LogP contribution is -2.55. The first-order chi connectivity index (χ1) is 6.40. The van der Waals surface area contributed by atoms with Crippen molar-refractivity contribution in [2.75, 3.05) is 25.4 Å². The van der Waals surface area contributed by atoms with Gasteiger partial charge in [0, 0.05) is 18.6 Å². The van der Waals surface area contributed by atoms with E-state index >= 15 is 0 Å². The molecule has 84 valence electrons. The molecule has 0 spiro atoms. The molecule has 0 aromatic carbocycles. The van der Waals surface area contributed by atoms with Gasteiger partial charge < -0.3 is 5.32 Å². The third kappa shape index (κ3) is 2.46. The number of sulfonamides is 1. The summed E-state index contributed by atoms with van der Waals surface area (Å²) in [6.45, 7) is 7.89. The first kappa shape index (κ1) is 11.9. The van der Waals surface area contributed by atoms with Gasteiger partial charge in [-0.3, -0.25) is 0 Å². The molecule has 1 fully saturated rings. The van der Waals surface area contributed by atoms with Crippen LogP contribution in [-0.4, -0.2) is 43.6 Å². The van der Waals surface area contributed by atoms with Crippen molar-refractivity contribution in [3.8, 4) is 0 Å². The van der Waals surface area contributed by atoms with Crippen LogP contribution in [-0.2, 0) is 10.0 Å². The second-order valence-electron chi connectivity index (χ2n) is 4.32. The van der Waals surface area contributed by atoms with Gasteiger partial charge in [0.15, 0.2) is 0 Å². The van der Waals surface area contributed by atoms with E-state index in [0.29, 0.717) is 13.0 Å². The Morgan fingerprint density at radius 2 is 2.07 bits per heavy atom. The molecule has 0 saturated carbocycles. The van der Waals surface area contributed by atoms with Crippen LogP contribution >= 0.6 is 0 Å². The predicted octanol–water partition coefficient (Wildman–Crippen LogP) is 0.410. The van der Waals surface area contributed by atoms with E-state index in [1.807, 2.05) is 20.8 Å². The van der Waals surface area contributed by atoms with Crippen molar-refractivity contribution >= 4 is 10.0 Å². The third-order valence-corrected chi connectivity index (χ3v) is 4.84. The molecular formula is C9H20N2O2S. The van der Waals surface area contributed by atoms with Gasteiger partial charge in [0.2, 0.25) is 10.0 Å². The Balaban J connectivity index is 2.96. The van der Waals surface area contributed by atoms with Crippen LogP contribution in [0.5, 0.6) is 0 Å². The summed E-state index contributed by atoms with van der Waals surface area (Å²) in [6.07, 6.45) is 0.703. The van der Waals surface area contributed by atoms with Crippen LogP contribution < -0.4 is 5.32 Å². The van der Waals surface area contributed by atoms with E-state index in [0.717, 1.165) is 13.1 Å². The molecule has 1 saturated heterocycles. The van der Waals surface area contributed by atoms with Crippen molar-refractivity contribution in [3.05, 3.63) is 0 Å². The fourth-order valence-electron chi connectivity index (χ4n) is 1.97. The quantitative estimate of drug-likeness (QED) is 0.696. The molecule has 0 aromatic rings. The largest absolute Gasteiger partial charge is 0.315 e. The van der Waals surface area contributed by atoms with E-state index in [4.69, 9.17) is 0 Å². The van der Waals surface area contributed by atoms with Gasteiger partial charge in [-0.05, 0) is 26.8 Å². The maximum absolute atomic E-state index is 11.9. The summed E-state index contributed by atoms with van der Waals surface area (Å²) in [6, 6.07) is 0. The zero-order valence-electron chi connectivity index (χ0n) is 9.21. The van der Waals surface area contributed by atoms with Crippen LogP contribution in [0.15, 0.2) is 0 Å². The van der Waals surface area contributed by atoms with Crippen molar-refractivity contribution in [1.29, 1.82) is 0 Å². The molecule has 1 aliphatic rings. The molecule has 1 heterocycles. The van der Waals surface area contributed by atoms with Crippen molar-refractivity contribution in [1.82, 2.24) is 9.62 Å². The van der Waals surface area contributed by atoms with Crippen molar-refractivity contribution < 1.29 is 8.42 Å². The molecule has 0 bridgehead atoms. The molecular weight excluding hydrogens is 200 g/mol. The van der Waals surface area contributed by atoms with E-state index < -0.39 is 10.0 Å². The van der Waals surface area contributed by atoms with Gasteiger partial charge in [-0.25, -0.2) is 8.42 Å². The summed E-state index contributed by atoms with van der Waals surface area (Å²) >= 11 is 0. The predicted molar refractivity (Wildman–Crippen MR) is 57.7 cm³/mol. The van der Waals surface area contributed by atoms with Gasteiger partial charge in [-0.1, -0.05) is 6.92 Å². The highest BCUT2D eigenvalue weighted by atomic mass is 32.2. The maximum atomic E-state index is 11.9. The summed E-state index contributed by atoms with van der Waals surface area (Å²) < 4.78 is 25.4. The smallest absolute Gasteiger partial charge is 0.214 e. The van der Waals surface area contributed by atoms with Crippen molar-refractivity contribution in [2.24, 2.45) is 0 Å². The second kappa shape index (κ2) is 4.16. The Morgan fingerprint density at radius 1 is 1.43 bits per heavy atom. The molecule has 1 rings (SSSR count). The average Bonchev–Trinajstić information content (AvgIpc) is 2.01. The summed E-state index contributed by atoms with van der Waals surface area (Å²) in [4.78, 5) is 0. The van der Waals surface area contributed by atoms with Crippen molar-refractivity contribution in [3.63, 3.8) is 0 Å². The second-order valence-corrected chi connectivity index (χ2v) is 6.34. The molecule has 1 N–H and O–H groups in total. The van der Waals surface area contributed by atoms with Gasteiger partial charge >= 0.3 is 0 Å². The first-order valence-corrected chi connectivity index (χ1v) is 6.72. The molecule has 0 amide bonds. The van der Waals surface area contributed by atoms with Crippen LogP contribution in [0.3, 0.4) is 0 Å². The number of rotatable bonds is 1. The molecule has 0 atom stereocenters. The summed E-state index contributed by atoms with van der Waals surface area (Å²) in [5.74, 6) is 0.261. The van der Waals surface area contributed by atoms with E-state index in [1.54, 1.807) is 4.31 Å². The number of nitrogens with zero attached hydrogens (tertiary/aromatic N) is 1. The lowest BCUT2D eigenvalue weighted by atomic mass is 10.1. The molecule has 0 radical (unpaired) electrons. The molecule has 0 aliphatic carbocycles. The van der Waals surface area contributed by atoms with Crippen LogP contribution in [0.1, 0.15) is 27.2 Å². The average molecular weight is 220 g/mol. The minimum atomic E-state index is -3.05. The summed E-state index contributed by atoms with van der Waals surface area (Å²) in [7, 11) is -3.05. The molecule has 4 nitrogen and oxygen atoms in total. The summed E-state index contributed by atoms with van der Waals surface area (Å²) in [5.41, 5.74) is -0.312. The Labute approximate surface area is 86.7 Å². The summed E-state index contributed by atoms with van der Waals surface area (Å²) in [5, 5.41) is 3.27. The van der Waals surface area contributed by atoms with Gasteiger partial charge in [0.05, 0.1) is 5.75 Å². The molecule has 0 aromatic heterocycles. The zero-order valence-corrected chi connectivity index (χ0v) is 10.0. The molecule has 1 aliphatic heterocycles. The number of hydrogen-bond donors (Lipinski definition) is 1. The highest BCUT2D eigenvalue weighted by molar-refractivity contribution is 7.89. The van der Waals surface area contributed by atoms with Gasteiger partial charge in [-0.15, -0.1) is 0 Å². The van der Waals surface area contributed by atoms with Crippen LogP contribution in [0.4, 0.5) is 0 Å². The first-order valence-electron chi connectivity index (χ1n) is 5.11. The van der Waals surface area contributed by atoms with Gasteiger partial charge in [0.25, 0.3) is 0 Å². The number of nitrogens with one attached hydrogen (secondary N) is 1. The Morgan fingerprint density at radius 3 is 2.64 bits per heavy atom. The van der Waals surface area contributed by atoms with E-state index in [1.165, 1.54) is 0 Å². The Hall–Kier alpha value is -0.130. The van der Waals surface area contributed by atoms with Crippen LogP contribution in [0.2, 0.25) is 0 Å². The highest BCUT2D eigenvalue weighted by Crippen LogP contribution is 2.20. The van der Waals surface area contributed by atoms with Crippen LogP contribution in [0.25, 0.3) is 0 Å². The maximum Gasteiger partial charge on any atom is 0.214 e. The minimum Gasteiger partial charge on any atom is -0.315 e. The van der Waals surface area contributed by atoms with Crippen molar-refractivity contribution in [2.45, 2.75) is 32.7 Å². The molecule has 0 unspecified atom stereocenters. The Bertz CT molecular complexity index is 285. The molecule has 5 heteroatoms. The molecule has 14 heavy (non-hydrogen) atoms. The standard InChI is InChI=1S/C9H20N2O2S/c1-4-11-9(2,3)8-10-6-5-7-14(11,12)13/h10H,4-8H2,1-3H3. The monoisotopic (exact) mass is 220 g/mol. The number of likely N-dealkylation sites (N-methyl/N-ethyl adjacent to an activating group) is 1.